The van der Waals surface area contributed by atoms with Crippen LogP contribution in [-0.4, -0.2) is 41.0 Å². The molecule has 2 aromatic rings. The number of anilines is 1. The molecule has 0 aliphatic rings. The van der Waals surface area contributed by atoms with Gasteiger partial charge in [0.05, 0.1) is 0 Å². The number of hydrogen-bond donors (Lipinski definition) is 2. The first kappa shape index (κ1) is 34.8. The van der Waals surface area contributed by atoms with Crippen molar-refractivity contribution in [3.05, 3.63) is 64.7 Å². The number of para-hydroxylation sites is 1. The molecule has 3 amide bonds. The number of hydrogen-bond acceptors (Lipinski definition) is 4. The van der Waals surface area contributed by atoms with Gasteiger partial charge in [0.15, 0.2) is 0 Å². The van der Waals surface area contributed by atoms with E-state index in [4.69, 9.17) is 4.74 Å². The van der Waals surface area contributed by atoms with Gasteiger partial charge >= 0.3 is 6.09 Å². The van der Waals surface area contributed by atoms with Gasteiger partial charge in [0.1, 0.15) is 17.7 Å². The Balaban J connectivity index is 2.57. The lowest BCUT2D eigenvalue weighted by molar-refractivity contribution is -0.141. The summed E-state index contributed by atoms with van der Waals surface area (Å²) in [5.41, 5.74) is 3.69. The van der Waals surface area contributed by atoms with Crippen LogP contribution >= 0.6 is 0 Å². The van der Waals surface area contributed by atoms with E-state index in [-0.39, 0.29) is 17.7 Å². The summed E-state index contributed by atoms with van der Waals surface area (Å²) in [5.74, 6) is -0.435. The van der Waals surface area contributed by atoms with Crippen LogP contribution in [0, 0.1) is 26.7 Å². The van der Waals surface area contributed by atoms with Crippen LogP contribution in [-0.2, 0) is 14.3 Å². The largest absolute Gasteiger partial charge is 0.444 e. The van der Waals surface area contributed by atoms with Crippen LogP contribution in [0.4, 0.5) is 10.5 Å². The zero-order valence-corrected chi connectivity index (χ0v) is 27.3. The Morgan fingerprint density at radius 2 is 1.52 bits per heavy atom. The van der Waals surface area contributed by atoms with Gasteiger partial charge in [-0.05, 0) is 77.0 Å². The number of carbonyl (C=O) groups excluding carboxylic acids is 3. The van der Waals surface area contributed by atoms with Crippen LogP contribution in [0.25, 0.3) is 0 Å². The van der Waals surface area contributed by atoms with Gasteiger partial charge in [-0.25, -0.2) is 4.79 Å². The second-order valence-electron chi connectivity index (χ2n) is 12.8. The molecular weight excluding hydrogens is 526 g/mol. The summed E-state index contributed by atoms with van der Waals surface area (Å²) in [7, 11) is 0. The maximum atomic E-state index is 14.5. The third-order valence-electron chi connectivity index (χ3n) is 7.13. The third-order valence-corrected chi connectivity index (χ3v) is 7.13. The highest BCUT2D eigenvalue weighted by atomic mass is 16.6. The Kier molecular flexibility index (Phi) is 13.5. The minimum atomic E-state index is -0.877. The molecule has 0 spiro atoms. The lowest BCUT2D eigenvalue weighted by Crippen LogP contribution is -2.53. The molecule has 42 heavy (non-hydrogen) atoms. The van der Waals surface area contributed by atoms with Crippen molar-refractivity contribution < 1.29 is 19.1 Å². The zero-order valence-electron chi connectivity index (χ0n) is 27.3. The fourth-order valence-corrected chi connectivity index (χ4v) is 5.11. The van der Waals surface area contributed by atoms with Crippen molar-refractivity contribution in [2.45, 2.75) is 119 Å². The summed E-state index contributed by atoms with van der Waals surface area (Å²) in [6.45, 7) is 17.9. The van der Waals surface area contributed by atoms with E-state index in [2.05, 4.69) is 17.6 Å². The molecule has 0 aliphatic heterocycles. The molecule has 0 fully saturated rings. The molecule has 2 unspecified atom stereocenters. The van der Waals surface area contributed by atoms with E-state index in [0.717, 1.165) is 60.0 Å². The first-order chi connectivity index (χ1) is 19.7. The van der Waals surface area contributed by atoms with Crippen LogP contribution in [0.1, 0.15) is 108 Å². The molecule has 2 atom stereocenters. The smallest absolute Gasteiger partial charge is 0.408 e. The lowest BCUT2D eigenvalue weighted by atomic mass is 9.97. The number of alkyl carbamates (subject to hydrolysis) is 1. The summed E-state index contributed by atoms with van der Waals surface area (Å²) in [5, 5.41) is 5.99. The normalized spacial score (nSPS) is 12.9. The highest BCUT2D eigenvalue weighted by Gasteiger charge is 2.36. The third kappa shape index (κ3) is 11.1. The number of carbonyl (C=O) groups is 3. The van der Waals surface area contributed by atoms with Gasteiger partial charge in [-0.3, -0.25) is 9.59 Å². The number of nitrogens with zero attached hydrogens (tertiary/aromatic N) is 1. The van der Waals surface area contributed by atoms with Crippen LogP contribution in [0.15, 0.2) is 42.5 Å². The molecule has 232 valence electrons. The lowest BCUT2D eigenvalue weighted by Gasteiger charge is -2.35. The number of benzene rings is 2. The first-order valence-electron chi connectivity index (χ1n) is 15.5. The minimum absolute atomic E-state index is 0.126. The van der Waals surface area contributed by atoms with Gasteiger partial charge in [-0.2, -0.15) is 0 Å². The first-order valence-corrected chi connectivity index (χ1v) is 15.5. The average molecular weight is 580 g/mol. The highest BCUT2D eigenvalue weighted by Crippen LogP contribution is 2.28. The van der Waals surface area contributed by atoms with Crippen molar-refractivity contribution in [3.8, 4) is 0 Å². The van der Waals surface area contributed by atoms with Gasteiger partial charge in [0.2, 0.25) is 5.91 Å². The summed E-state index contributed by atoms with van der Waals surface area (Å²) >= 11 is 0. The van der Waals surface area contributed by atoms with Crippen LogP contribution in [0.2, 0.25) is 0 Å². The molecular formula is C35H53N3O4. The van der Waals surface area contributed by atoms with Crippen molar-refractivity contribution in [2.75, 3.05) is 11.9 Å². The standard InChI is InChI=1S/C35H53N3O4/c1-10-11-12-13-14-21-38(33(40)29(22-24(2)3)36-34(41)42-35(7,8)9)31(28-20-15-17-25(4)23-28)32(39)37-30-26(5)18-16-19-27(30)6/h15-20,23-24,29,31H,10-14,21-22H2,1-9H3,(H,36,41)(H,37,39). The van der Waals surface area contributed by atoms with E-state index in [1.54, 1.807) is 25.7 Å². The second-order valence-corrected chi connectivity index (χ2v) is 12.8. The van der Waals surface area contributed by atoms with Crippen molar-refractivity contribution in [1.29, 1.82) is 0 Å². The molecule has 2 aromatic carbocycles. The topological polar surface area (TPSA) is 87.7 Å². The zero-order chi connectivity index (χ0) is 31.4. The Hall–Kier alpha value is -3.35. The Morgan fingerprint density at radius 3 is 2.10 bits per heavy atom. The molecule has 2 N–H and O–H groups in total. The van der Waals surface area contributed by atoms with E-state index >= 15 is 0 Å². The average Bonchev–Trinajstić information content (AvgIpc) is 2.88. The summed E-state index contributed by atoms with van der Waals surface area (Å²) in [6, 6.07) is 11.9. The summed E-state index contributed by atoms with van der Waals surface area (Å²) in [6.07, 6.45) is 4.78. The highest BCUT2D eigenvalue weighted by molar-refractivity contribution is 6.00. The van der Waals surface area contributed by atoms with E-state index in [9.17, 15) is 14.4 Å². The number of aryl methyl sites for hydroxylation is 3. The van der Waals surface area contributed by atoms with Crippen LogP contribution in [0.5, 0.6) is 0 Å². The Bertz CT molecular complexity index is 1160. The molecule has 0 saturated carbocycles. The maximum absolute atomic E-state index is 14.5. The predicted octanol–water partition coefficient (Wildman–Crippen LogP) is 8.03. The van der Waals surface area contributed by atoms with E-state index in [0.29, 0.717) is 13.0 Å². The maximum Gasteiger partial charge on any atom is 0.408 e. The molecule has 0 aliphatic carbocycles. The van der Waals surface area contributed by atoms with Gasteiger partial charge in [0, 0.05) is 12.2 Å². The molecule has 2 rings (SSSR count). The molecule has 0 saturated heterocycles. The molecule has 0 aromatic heterocycles. The monoisotopic (exact) mass is 579 g/mol. The molecule has 0 heterocycles. The van der Waals surface area contributed by atoms with Crippen LogP contribution in [0.3, 0.4) is 0 Å². The van der Waals surface area contributed by atoms with E-state index in [1.807, 2.05) is 77.1 Å². The number of nitrogens with one attached hydrogen (secondary N) is 2. The van der Waals surface area contributed by atoms with E-state index < -0.39 is 23.8 Å². The number of rotatable bonds is 14. The molecule has 7 heteroatoms. The fraction of sp³-hybridized carbons (Fsp3) is 0.571. The minimum Gasteiger partial charge on any atom is -0.444 e. The van der Waals surface area contributed by atoms with Gasteiger partial charge < -0.3 is 20.3 Å². The van der Waals surface area contributed by atoms with Gasteiger partial charge in [-0.1, -0.05) is 94.5 Å². The van der Waals surface area contributed by atoms with Crippen molar-refractivity contribution >= 4 is 23.6 Å². The predicted molar refractivity (Wildman–Crippen MR) is 172 cm³/mol. The number of ether oxygens (including phenoxy) is 1. The van der Waals surface area contributed by atoms with Gasteiger partial charge in [0.25, 0.3) is 5.91 Å². The quantitative estimate of drug-likeness (QED) is 0.222. The second kappa shape index (κ2) is 16.3. The molecule has 7 nitrogen and oxygen atoms in total. The Morgan fingerprint density at radius 1 is 0.905 bits per heavy atom. The Labute approximate surface area is 253 Å². The number of amides is 3. The molecule has 0 radical (unpaired) electrons. The SMILES string of the molecule is CCCCCCCN(C(=O)C(CC(C)C)NC(=O)OC(C)(C)C)C(C(=O)Nc1c(C)cccc1C)c1cccc(C)c1. The van der Waals surface area contributed by atoms with E-state index in [1.165, 1.54) is 0 Å². The van der Waals surface area contributed by atoms with Crippen molar-refractivity contribution in [1.82, 2.24) is 10.2 Å². The van der Waals surface area contributed by atoms with Crippen molar-refractivity contribution in [2.24, 2.45) is 5.92 Å². The van der Waals surface area contributed by atoms with Crippen molar-refractivity contribution in [3.63, 3.8) is 0 Å². The number of unbranched alkanes of at least 4 members (excludes halogenated alkanes) is 4. The fourth-order valence-electron chi connectivity index (χ4n) is 5.11. The summed E-state index contributed by atoms with van der Waals surface area (Å²) < 4.78 is 5.52. The van der Waals surface area contributed by atoms with Crippen LogP contribution < -0.4 is 10.6 Å². The molecule has 0 bridgehead atoms. The summed E-state index contributed by atoms with van der Waals surface area (Å²) in [4.78, 5) is 43.2. The van der Waals surface area contributed by atoms with Gasteiger partial charge in [-0.15, -0.1) is 0 Å².